The van der Waals surface area contributed by atoms with Gasteiger partial charge in [0.15, 0.2) is 0 Å². The molecular formula is C22H28N4O5S. The van der Waals surface area contributed by atoms with Crippen molar-refractivity contribution >= 4 is 27.3 Å². The molecular weight excluding hydrogens is 432 g/mol. The van der Waals surface area contributed by atoms with Crippen LogP contribution in [-0.4, -0.2) is 87.7 Å². The number of anilines is 2. The Morgan fingerprint density at radius 1 is 0.969 bits per heavy atom. The summed E-state index contributed by atoms with van der Waals surface area (Å²) in [6.45, 7) is 4.42. The van der Waals surface area contributed by atoms with Gasteiger partial charge in [0.1, 0.15) is 5.75 Å². The molecule has 32 heavy (non-hydrogen) atoms. The van der Waals surface area contributed by atoms with Gasteiger partial charge in [0.05, 0.1) is 30.3 Å². The SMILES string of the molecule is O=C(CN1CCN(c2ccccc2O)CC1)Nc1cccc(S(=O)(=O)N2CCOCC2)c1. The molecule has 2 heterocycles. The van der Waals surface area contributed by atoms with E-state index in [1.165, 1.54) is 10.4 Å². The monoisotopic (exact) mass is 460 g/mol. The Kier molecular flexibility index (Phi) is 6.95. The first-order valence-electron chi connectivity index (χ1n) is 10.7. The Morgan fingerprint density at radius 3 is 2.41 bits per heavy atom. The summed E-state index contributed by atoms with van der Waals surface area (Å²) in [5.74, 6) is 0.0625. The van der Waals surface area contributed by atoms with Gasteiger partial charge in [-0.2, -0.15) is 4.31 Å². The van der Waals surface area contributed by atoms with Crippen LogP contribution in [-0.2, 0) is 19.6 Å². The summed E-state index contributed by atoms with van der Waals surface area (Å²) in [4.78, 5) is 16.9. The lowest BCUT2D eigenvalue weighted by molar-refractivity contribution is -0.117. The van der Waals surface area contributed by atoms with E-state index in [0.29, 0.717) is 58.2 Å². The first kappa shape index (κ1) is 22.5. The maximum Gasteiger partial charge on any atom is 0.243 e. The number of nitrogens with zero attached hydrogens (tertiary/aromatic N) is 3. The van der Waals surface area contributed by atoms with Crippen LogP contribution in [0.3, 0.4) is 0 Å². The minimum absolute atomic E-state index is 0.161. The number of carbonyl (C=O) groups excluding carboxylic acids is 1. The molecule has 4 rings (SSSR count). The predicted molar refractivity (Wildman–Crippen MR) is 121 cm³/mol. The minimum Gasteiger partial charge on any atom is -0.506 e. The standard InChI is InChI=1S/C22H28N4O5S/c27-21-7-2-1-6-20(21)25-10-8-24(9-11-25)17-22(28)23-18-4-3-5-19(16-18)32(29,30)26-12-14-31-15-13-26/h1-7,16,27H,8-15,17H2,(H,23,28). The Hall–Kier alpha value is -2.66. The van der Waals surface area contributed by atoms with Gasteiger partial charge < -0.3 is 20.1 Å². The van der Waals surface area contributed by atoms with E-state index in [2.05, 4.69) is 10.2 Å². The highest BCUT2D eigenvalue weighted by atomic mass is 32.2. The summed E-state index contributed by atoms with van der Waals surface area (Å²) in [6.07, 6.45) is 0. The summed E-state index contributed by atoms with van der Waals surface area (Å²) >= 11 is 0. The predicted octanol–water partition coefficient (Wildman–Crippen LogP) is 1.17. The van der Waals surface area contributed by atoms with Gasteiger partial charge in [0.2, 0.25) is 15.9 Å². The third-order valence-corrected chi connectivity index (χ3v) is 7.58. The van der Waals surface area contributed by atoms with E-state index >= 15 is 0 Å². The van der Waals surface area contributed by atoms with Crippen molar-refractivity contribution in [1.29, 1.82) is 0 Å². The zero-order valence-corrected chi connectivity index (χ0v) is 18.6. The molecule has 0 saturated carbocycles. The minimum atomic E-state index is -3.62. The molecule has 0 atom stereocenters. The molecule has 9 nitrogen and oxygen atoms in total. The first-order valence-corrected chi connectivity index (χ1v) is 12.1. The van der Waals surface area contributed by atoms with Crippen LogP contribution >= 0.6 is 0 Å². The van der Waals surface area contributed by atoms with Crippen molar-refractivity contribution in [2.24, 2.45) is 0 Å². The van der Waals surface area contributed by atoms with Crippen LogP contribution in [0.15, 0.2) is 53.4 Å². The van der Waals surface area contributed by atoms with E-state index in [1.54, 1.807) is 30.3 Å². The topological polar surface area (TPSA) is 102 Å². The van der Waals surface area contributed by atoms with Crippen molar-refractivity contribution in [3.05, 3.63) is 48.5 Å². The average molecular weight is 461 g/mol. The smallest absolute Gasteiger partial charge is 0.243 e. The maximum absolute atomic E-state index is 12.8. The second kappa shape index (κ2) is 9.86. The van der Waals surface area contributed by atoms with Crippen LogP contribution in [0.4, 0.5) is 11.4 Å². The lowest BCUT2D eigenvalue weighted by Gasteiger charge is -2.35. The van der Waals surface area contributed by atoms with Gasteiger partial charge in [-0.1, -0.05) is 18.2 Å². The Morgan fingerprint density at radius 2 is 1.69 bits per heavy atom. The molecule has 2 saturated heterocycles. The largest absolute Gasteiger partial charge is 0.506 e. The Balaban J connectivity index is 1.32. The molecule has 2 aromatic carbocycles. The number of aromatic hydroxyl groups is 1. The molecule has 0 spiro atoms. The number of morpholine rings is 1. The summed E-state index contributed by atoms with van der Waals surface area (Å²) < 4.78 is 32.3. The summed E-state index contributed by atoms with van der Waals surface area (Å²) in [5.41, 5.74) is 1.26. The molecule has 0 unspecified atom stereocenters. The van der Waals surface area contributed by atoms with E-state index in [1.807, 2.05) is 17.0 Å². The lowest BCUT2D eigenvalue weighted by Crippen LogP contribution is -2.48. The van der Waals surface area contributed by atoms with Crippen LogP contribution in [0.25, 0.3) is 0 Å². The zero-order valence-electron chi connectivity index (χ0n) is 17.8. The number of sulfonamides is 1. The second-order valence-electron chi connectivity index (χ2n) is 7.84. The van der Waals surface area contributed by atoms with E-state index < -0.39 is 10.0 Å². The molecule has 0 radical (unpaired) electrons. The average Bonchev–Trinajstić information content (AvgIpc) is 2.81. The van der Waals surface area contributed by atoms with Crippen molar-refractivity contribution in [2.45, 2.75) is 4.90 Å². The van der Waals surface area contributed by atoms with E-state index in [0.717, 1.165) is 5.69 Å². The second-order valence-corrected chi connectivity index (χ2v) is 9.78. The lowest BCUT2D eigenvalue weighted by atomic mass is 10.2. The number of benzene rings is 2. The number of phenols is 1. The van der Waals surface area contributed by atoms with E-state index in [4.69, 9.17) is 4.74 Å². The van der Waals surface area contributed by atoms with Gasteiger partial charge in [-0.25, -0.2) is 8.42 Å². The van der Waals surface area contributed by atoms with Gasteiger partial charge in [0, 0.05) is 45.0 Å². The number of para-hydroxylation sites is 2. The van der Waals surface area contributed by atoms with Crippen molar-refractivity contribution in [1.82, 2.24) is 9.21 Å². The van der Waals surface area contributed by atoms with Crippen molar-refractivity contribution < 1.29 is 23.1 Å². The van der Waals surface area contributed by atoms with E-state index in [-0.39, 0.29) is 23.1 Å². The number of nitrogens with one attached hydrogen (secondary N) is 1. The van der Waals surface area contributed by atoms with Crippen molar-refractivity contribution in [3.63, 3.8) is 0 Å². The molecule has 2 aromatic rings. The number of ether oxygens (including phenoxy) is 1. The van der Waals surface area contributed by atoms with Crippen LogP contribution in [0.5, 0.6) is 5.75 Å². The highest BCUT2D eigenvalue weighted by molar-refractivity contribution is 7.89. The molecule has 2 aliphatic rings. The van der Waals surface area contributed by atoms with E-state index in [9.17, 15) is 18.3 Å². The van der Waals surface area contributed by atoms with Gasteiger partial charge in [-0.3, -0.25) is 9.69 Å². The molecule has 172 valence electrons. The number of piperazine rings is 1. The molecule has 2 fully saturated rings. The number of carbonyl (C=O) groups is 1. The molecule has 2 aliphatic heterocycles. The zero-order chi connectivity index (χ0) is 22.6. The van der Waals surface area contributed by atoms with Crippen molar-refractivity contribution in [2.75, 3.05) is 69.2 Å². The number of rotatable bonds is 6. The summed E-state index contributed by atoms with van der Waals surface area (Å²) in [6, 6.07) is 13.6. The Bertz CT molecular complexity index is 1050. The highest BCUT2D eigenvalue weighted by Gasteiger charge is 2.27. The fraction of sp³-hybridized carbons (Fsp3) is 0.409. The van der Waals surface area contributed by atoms with Gasteiger partial charge in [-0.05, 0) is 30.3 Å². The van der Waals surface area contributed by atoms with Gasteiger partial charge in [-0.15, -0.1) is 0 Å². The third-order valence-electron chi connectivity index (χ3n) is 5.69. The molecule has 2 N–H and O–H groups in total. The summed E-state index contributed by atoms with van der Waals surface area (Å²) in [7, 11) is -3.62. The molecule has 0 aliphatic carbocycles. The fourth-order valence-electron chi connectivity index (χ4n) is 3.95. The van der Waals surface area contributed by atoms with Crippen LogP contribution in [0, 0.1) is 0 Å². The number of amides is 1. The van der Waals surface area contributed by atoms with Crippen LogP contribution in [0.2, 0.25) is 0 Å². The summed E-state index contributed by atoms with van der Waals surface area (Å²) in [5, 5.41) is 12.8. The molecule has 0 aromatic heterocycles. The quantitative estimate of drug-likeness (QED) is 0.667. The fourth-order valence-corrected chi connectivity index (χ4v) is 5.41. The molecule has 1 amide bonds. The van der Waals surface area contributed by atoms with Crippen LogP contribution in [0.1, 0.15) is 0 Å². The Labute approximate surface area is 188 Å². The normalized spacial score (nSPS) is 18.4. The van der Waals surface area contributed by atoms with Crippen LogP contribution < -0.4 is 10.2 Å². The molecule has 0 bridgehead atoms. The first-order chi connectivity index (χ1) is 15.4. The third kappa shape index (κ3) is 5.21. The van der Waals surface area contributed by atoms with Crippen molar-refractivity contribution in [3.8, 4) is 5.75 Å². The maximum atomic E-state index is 12.8. The number of phenolic OH excluding ortho intramolecular Hbond substituents is 1. The number of hydrogen-bond donors (Lipinski definition) is 2. The number of hydrogen-bond acceptors (Lipinski definition) is 7. The highest BCUT2D eigenvalue weighted by Crippen LogP contribution is 2.27. The van der Waals surface area contributed by atoms with Gasteiger partial charge in [0.25, 0.3) is 0 Å². The molecule has 10 heteroatoms. The van der Waals surface area contributed by atoms with Gasteiger partial charge >= 0.3 is 0 Å².